The summed E-state index contributed by atoms with van der Waals surface area (Å²) in [7, 11) is 0. The molecule has 3 N–H and O–H groups in total. The second kappa shape index (κ2) is 7.61. The third-order valence-electron chi connectivity index (χ3n) is 3.23. The van der Waals surface area contributed by atoms with Crippen molar-refractivity contribution in [3.63, 3.8) is 0 Å². The number of aliphatic imine (C=N–C) groups is 1. The van der Waals surface area contributed by atoms with Crippen LogP contribution in [-0.2, 0) is 0 Å². The summed E-state index contributed by atoms with van der Waals surface area (Å²) in [5.74, 6) is 1.29. The van der Waals surface area contributed by atoms with Gasteiger partial charge in [0.05, 0.1) is 12.7 Å². The Labute approximate surface area is 114 Å². The minimum Gasteiger partial charge on any atom is -0.490 e. The zero-order chi connectivity index (χ0) is 13.3. The summed E-state index contributed by atoms with van der Waals surface area (Å²) in [6, 6.07) is 4.22. The van der Waals surface area contributed by atoms with Gasteiger partial charge in [0.25, 0.3) is 0 Å². The van der Waals surface area contributed by atoms with Gasteiger partial charge in [-0.15, -0.1) is 0 Å². The van der Waals surface area contributed by atoms with Crippen LogP contribution in [0.15, 0.2) is 29.5 Å². The number of nitrogens with zero attached hydrogens (tertiary/aromatic N) is 2. The van der Waals surface area contributed by atoms with Gasteiger partial charge in [-0.05, 0) is 25.0 Å². The molecule has 0 atom stereocenters. The molecule has 104 valence electrons. The van der Waals surface area contributed by atoms with E-state index < -0.39 is 0 Å². The fourth-order valence-corrected chi connectivity index (χ4v) is 2.26. The van der Waals surface area contributed by atoms with Gasteiger partial charge in [0.15, 0.2) is 5.96 Å². The molecule has 2 rings (SSSR count). The number of rotatable bonds is 5. The van der Waals surface area contributed by atoms with Crippen molar-refractivity contribution in [1.82, 2.24) is 10.3 Å². The molecule has 1 fully saturated rings. The van der Waals surface area contributed by atoms with E-state index >= 15 is 0 Å². The Morgan fingerprint density at radius 2 is 2.26 bits per heavy atom. The third kappa shape index (κ3) is 5.16. The van der Waals surface area contributed by atoms with Crippen molar-refractivity contribution < 1.29 is 4.74 Å². The van der Waals surface area contributed by atoms with Gasteiger partial charge in [0, 0.05) is 12.2 Å². The van der Waals surface area contributed by atoms with Crippen LogP contribution in [0.25, 0.3) is 0 Å². The van der Waals surface area contributed by atoms with E-state index in [1.807, 2.05) is 12.1 Å². The lowest BCUT2D eigenvalue weighted by molar-refractivity contribution is 0.327. The second-order valence-corrected chi connectivity index (χ2v) is 4.78. The average molecular weight is 262 g/mol. The molecule has 0 amide bonds. The largest absolute Gasteiger partial charge is 0.490 e. The van der Waals surface area contributed by atoms with Crippen LogP contribution in [-0.4, -0.2) is 30.1 Å². The fraction of sp³-hybridized carbons (Fsp3) is 0.571. The lowest BCUT2D eigenvalue weighted by Gasteiger charge is -2.23. The van der Waals surface area contributed by atoms with Gasteiger partial charge in [-0.3, -0.25) is 4.98 Å². The van der Waals surface area contributed by atoms with Gasteiger partial charge in [-0.25, -0.2) is 4.99 Å². The van der Waals surface area contributed by atoms with E-state index in [9.17, 15) is 0 Å². The molecule has 19 heavy (non-hydrogen) atoms. The molecule has 0 aromatic carbocycles. The number of hydrogen-bond donors (Lipinski definition) is 2. The topological polar surface area (TPSA) is 72.5 Å². The van der Waals surface area contributed by atoms with Crippen LogP contribution in [0.1, 0.15) is 32.1 Å². The standard InChI is InChI=1S/C14H22N4O/c15-14(18-12-5-2-1-3-6-12)17-9-10-19-13-7-4-8-16-11-13/h4,7-8,11-12H,1-3,5-6,9-10H2,(H3,15,17,18). The Hall–Kier alpha value is -1.78. The highest BCUT2D eigenvalue weighted by atomic mass is 16.5. The number of ether oxygens (including phenoxy) is 1. The summed E-state index contributed by atoms with van der Waals surface area (Å²) in [6.45, 7) is 1.07. The van der Waals surface area contributed by atoms with E-state index in [1.54, 1.807) is 12.4 Å². The molecular formula is C14H22N4O. The van der Waals surface area contributed by atoms with Crippen LogP contribution >= 0.6 is 0 Å². The summed E-state index contributed by atoms with van der Waals surface area (Å²) in [5, 5.41) is 3.28. The van der Waals surface area contributed by atoms with E-state index in [0.29, 0.717) is 25.2 Å². The monoisotopic (exact) mass is 262 g/mol. The highest BCUT2D eigenvalue weighted by molar-refractivity contribution is 5.78. The SMILES string of the molecule is NC(=NCCOc1cccnc1)NC1CCCCC1. The summed E-state index contributed by atoms with van der Waals surface area (Å²) < 4.78 is 5.49. The van der Waals surface area contributed by atoms with Crippen LogP contribution in [0.2, 0.25) is 0 Å². The van der Waals surface area contributed by atoms with Crippen molar-refractivity contribution >= 4 is 5.96 Å². The smallest absolute Gasteiger partial charge is 0.188 e. The summed E-state index contributed by atoms with van der Waals surface area (Å²) in [6.07, 6.45) is 9.72. The maximum absolute atomic E-state index is 5.85. The zero-order valence-corrected chi connectivity index (χ0v) is 11.2. The minimum absolute atomic E-state index is 0.497. The minimum atomic E-state index is 0.497. The normalized spacial score (nSPS) is 17.2. The molecule has 0 saturated heterocycles. The van der Waals surface area contributed by atoms with Crippen LogP contribution in [0.3, 0.4) is 0 Å². The number of guanidine groups is 1. The Morgan fingerprint density at radius 1 is 1.42 bits per heavy atom. The number of nitrogens with two attached hydrogens (primary N) is 1. The number of aromatic nitrogens is 1. The van der Waals surface area contributed by atoms with E-state index in [2.05, 4.69) is 15.3 Å². The highest BCUT2D eigenvalue weighted by Gasteiger charge is 2.12. The molecule has 1 saturated carbocycles. The van der Waals surface area contributed by atoms with Gasteiger partial charge >= 0.3 is 0 Å². The van der Waals surface area contributed by atoms with Crippen molar-refractivity contribution in [3.8, 4) is 5.75 Å². The van der Waals surface area contributed by atoms with E-state index in [0.717, 1.165) is 5.75 Å². The van der Waals surface area contributed by atoms with Gasteiger partial charge in [-0.1, -0.05) is 19.3 Å². The maximum Gasteiger partial charge on any atom is 0.188 e. The van der Waals surface area contributed by atoms with Crippen LogP contribution in [0, 0.1) is 0 Å². The number of nitrogens with one attached hydrogen (secondary N) is 1. The van der Waals surface area contributed by atoms with Gasteiger partial charge in [0.2, 0.25) is 0 Å². The lowest BCUT2D eigenvalue weighted by Crippen LogP contribution is -2.41. The fourth-order valence-electron chi connectivity index (χ4n) is 2.26. The first-order valence-corrected chi connectivity index (χ1v) is 6.94. The highest BCUT2D eigenvalue weighted by Crippen LogP contribution is 2.16. The summed E-state index contributed by atoms with van der Waals surface area (Å²) in [4.78, 5) is 8.25. The zero-order valence-electron chi connectivity index (χ0n) is 11.2. The summed E-state index contributed by atoms with van der Waals surface area (Å²) in [5.41, 5.74) is 5.85. The lowest BCUT2D eigenvalue weighted by atomic mass is 9.96. The molecule has 1 aromatic heterocycles. The van der Waals surface area contributed by atoms with E-state index in [4.69, 9.17) is 10.5 Å². The van der Waals surface area contributed by atoms with E-state index in [1.165, 1.54) is 32.1 Å². The molecule has 1 heterocycles. The Balaban J connectivity index is 1.64. The Morgan fingerprint density at radius 3 is 3.00 bits per heavy atom. The molecule has 0 aliphatic heterocycles. The van der Waals surface area contributed by atoms with Crippen LogP contribution < -0.4 is 15.8 Å². The van der Waals surface area contributed by atoms with Crippen molar-refractivity contribution in [1.29, 1.82) is 0 Å². The molecule has 5 heteroatoms. The van der Waals surface area contributed by atoms with Crippen LogP contribution in [0.5, 0.6) is 5.75 Å². The predicted molar refractivity (Wildman–Crippen MR) is 76.2 cm³/mol. The second-order valence-electron chi connectivity index (χ2n) is 4.78. The molecule has 0 unspecified atom stereocenters. The Bertz CT molecular complexity index is 388. The van der Waals surface area contributed by atoms with Crippen molar-refractivity contribution in [3.05, 3.63) is 24.5 Å². The first-order valence-electron chi connectivity index (χ1n) is 6.94. The molecule has 5 nitrogen and oxygen atoms in total. The molecule has 0 spiro atoms. The van der Waals surface area contributed by atoms with Crippen molar-refractivity contribution in [2.75, 3.05) is 13.2 Å². The predicted octanol–water partition coefficient (Wildman–Crippen LogP) is 1.70. The van der Waals surface area contributed by atoms with E-state index in [-0.39, 0.29) is 0 Å². The summed E-state index contributed by atoms with van der Waals surface area (Å²) >= 11 is 0. The molecule has 1 aliphatic rings. The molecule has 0 radical (unpaired) electrons. The van der Waals surface area contributed by atoms with Gasteiger partial charge < -0.3 is 15.8 Å². The Kier molecular flexibility index (Phi) is 5.47. The molecule has 1 aromatic rings. The van der Waals surface area contributed by atoms with Crippen molar-refractivity contribution in [2.24, 2.45) is 10.7 Å². The number of pyridine rings is 1. The molecule has 1 aliphatic carbocycles. The maximum atomic E-state index is 5.85. The number of hydrogen-bond acceptors (Lipinski definition) is 3. The van der Waals surface area contributed by atoms with Crippen LogP contribution in [0.4, 0.5) is 0 Å². The van der Waals surface area contributed by atoms with Gasteiger partial charge in [-0.2, -0.15) is 0 Å². The quantitative estimate of drug-likeness (QED) is 0.481. The molecular weight excluding hydrogens is 240 g/mol. The average Bonchev–Trinajstić information content (AvgIpc) is 2.46. The van der Waals surface area contributed by atoms with Gasteiger partial charge in [0.1, 0.15) is 12.4 Å². The first kappa shape index (κ1) is 13.6. The third-order valence-corrected chi connectivity index (χ3v) is 3.23. The molecule has 0 bridgehead atoms. The first-order chi connectivity index (χ1) is 9.34. The van der Waals surface area contributed by atoms with Crippen molar-refractivity contribution in [2.45, 2.75) is 38.1 Å².